The van der Waals surface area contributed by atoms with Gasteiger partial charge in [0.1, 0.15) is 0 Å². The van der Waals surface area contributed by atoms with Crippen LogP contribution in [0.2, 0.25) is 0 Å². The summed E-state index contributed by atoms with van der Waals surface area (Å²) in [5.74, 6) is 0.553. The second-order valence-electron chi connectivity index (χ2n) is 6.05. The van der Waals surface area contributed by atoms with Gasteiger partial charge in [0, 0.05) is 42.8 Å². The van der Waals surface area contributed by atoms with Gasteiger partial charge in [-0.2, -0.15) is 5.26 Å². The number of aromatic nitrogens is 1. The van der Waals surface area contributed by atoms with E-state index in [4.69, 9.17) is 5.26 Å². The Morgan fingerprint density at radius 3 is 2.77 bits per heavy atom. The summed E-state index contributed by atoms with van der Waals surface area (Å²) >= 11 is 0. The molecule has 2 aromatic rings. The molecule has 116 valence electrons. The molecule has 1 aromatic carbocycles. The van der Waals surface area contributed by atoms with E-state index in [2.05, 4.69) is 19.9 Å². The summed E-state index contributed by atoms with van der Waals surface area (Å²) in [6, 6.07) is 9.92. The Morgan fingerprint density at radius 2 is 2.09 bits per heavy atom. The molecule has 0 unspecified atom stereocenters. The van der Waals surface area contributed by atoms with Crippen molar-refractivity contribution in [2.24, 2.45) is 13.0 Å². The normalized spacial score (nSPS) is 10.9. The van der Waals surface area contributed by atoms with Crippen LogP contribution < -0.4 is 0 Å². The number of hydrogen-bond donors (Lipinski definition) is 0. The van der Waals surface area contributed by atoms with Gasteiger partial charge in [0.05, 0.1) is 12.5 Å². The van der Waals surface area contributed by atoms with Gasteiger partial charge in [-0.15, -0.1) is 0 Å². The molecule has 0 radical (unpaired) electrons. The second kappa shape index (κ2) is 7.13. The van der Waals surface area contributed by atoms with E-state index >= 15 is 0 Å². The molecular formula is C18H23N3O. The maximum atomic E-state index is 12.9. The van der Waals surface area contributed by atoms with Gasteiger partial charge in [0.2, 0.25) is 0 Å². The van der Waals surface area contributed by atoms with E-state index in [1.165, 1.54) is 0 Å². The number of nitrogens with zero attached hydrogens (tertiary/aromatic N) is 3. The molecule has 0 aliphatic rings. The van der Waals surface area contributed by atoms with Crippen molar-refractivity contribution in [2.75, 3.05) is 13.1 Å². The van der Waals surface area contributed by atoms with Crippen molar-refractivity contribution < 1.29 is 4.79 Å². The number of carbonyl (C=O) groups is 1. The molecule has 0 bridgehead atoms. The Morgan fingerprint density at radius 1 is 1.32 bits per heavy atom. The zero-order chi connectivity index (χ0) is 16.1. The molecule has 4 nitrogen and oxygen atoms in total. The number of fused-ring (bicyclic) bond motifs is 1. The third kappa shape index (κ3) is 3.48. The SMILES string of the molecule is CC(C)CCN(CCC#N)C(=O)c1cccc2c1ccn2C. The largest absolute Gasteiger partial charge is 0.351 e. The van der Waals surface area contributed by atoms with Gasteiger partial charge in [0.25, 0.3) is 5.91 Å². The number of amides is 1. The highest BCUT2D eigenvalue weighted by molar-refractivity contribution is 6.06. The number of rotatable bonds is 6. The van der Waals surface area contributed by atoms with Gasteiger partial charge in [-0.25, -0.2) is 0 Å². The molecule has 0 spiro atoms. The van der Waals surface area contributed by atoms with Crippen LogP contribution in [-0.4, -0.2) is 28.5 Å². The van der Waals surface area contributed by atoms with E-state index in [-0.39, 0.29) is 5.91 Å². The van der Waals surface area contributed by atoms with E-state index in [9.17, 15) is 4.79 Å². The van der Waals surface area contributed by atoms with E-state index in [0.29, 0.717) is 25.4 Å². The Kier molecular flexibility index (Phi) is 5.21. The summed E-state index contributed by atoms with van der Waals surface area (Å²) in [5, 5.41) is 9.80. The molecule has 0 atom stereocenters. The Hall–Kier alpha value is -2.28. The molecule has 22 heavy (non-hydrogen) atoms. The molecule has 2 rings (SSSR count). The van der Waals surface area contributed by atoms with Gasteiger partial charge in [0.15, 0.2) is 0 Å². The quantitative estimate of drug-likeness (QED) is 0.818. The minimum atomic E-state index is 0.0210. The van der Waals surface area contributed by atoms with Gasteiger partial charge < -0.3 is 9.47 Å². The summed E-state index contributed by atoms with van der Waals surface area (Å²) < 4.78 is 2.01. The maximum Gasteiger partial charge on any atom is 0.254 e. The summed E-state index contributed by atoms with van der Waals surface area (Å²) in [5.41, 5.74) is 1.77. The van der Waals surface area contributed by atoms with Gasteiger partial charge in [-0.1, -0.05) is 19.9 Å². The van der Waals surface area contributed by atoms with Crippen LogP contribution in [-0.2, 0) is 7.05 Å². The topological polar surface area (TPSA) is 49.0 Å². The Labute approximate surface area is 131 Å². The lowest BCUT2D eigenvalue weighted by Gasteiger charge is -2.23. The molecule has 0 saturated heterocycles. The van der Waals surface area contributed by atoms with Crippen molar-refractivity contribution in [2.45, 2.75) is 26.7 Å². The van der Waals surface area contributed by atoms with Crippen LogP contribution in [0, 0.1) is 17.2 Å². The average Bonchev–Trinajstić information content (AvgIpc) is 2.88. The van der Waals surface area contributed by atoms with Gasteiger partial charge in [-0.05, 0) is 30.5 Å². The lowest BCUT2D eigenvalue weighted by Crippen LogP contribution is -2.33. The predicted octanol–water partition coefficient (Wildman–Crippen LogP) is 3.58. The fourth-order valence-electron chi connectivity index (χ4n) is 2.57. The van der Waals surface area contributed by atoms with Gasteiger partial charge >= 0.3 is 0 Å². The van der Waals surface area contributed by atoms with Crippen LogP contribution in [0.3, 0.4) is 0 Å². The molecule has 0 fully saturated rings. The highest BCUT2D eigenvalue weighted by atomic mass is 16.2. The fourth-order valence-corrected chi connectivity index (χ4v) is 2.57. The lowest BCUT2D eigenvalue weighted by atomic mass is 10.1. The minimum absolute atomic E-state index is 0.0210. The number of nitriles is 1. The molecule has 1 heterocycles. The van der Waals surface area contributed by atoms with Crippen LogP contribution >= 0.6 is 0 Å². The fraction of sp³-hybridized carbons (Fsp3) is 0.444. The number of aryl methyl sites for hydroxylation is 1. The standard InChI is InChI=1S/C18H23N3O/c1-14(2)8-13-21(11-5-10-19)18(22)16-6-4-7-17-15(16)9-12-20(17)3/h4,6-7,9,12,14H,5,8,11,13H2,1-3H3. The van der Waals surface area contributed by atoms with E-state index in [1.54, 1.807) is 0 Å². The van der Waals surface area contributed by atoms with E-state index in [0.717, 1.165) is 22.9 Å². The smallest absolute Gasteiger partial charge is 0.254 e. The van der Waals surface area contributed by atoms with Crippen molar-refractivity contribution >= 4 is 16.8 Å². The Balaban J connectivity index is 2.29. The molecule has 0 aliphatic carbocycles. The van der Waals surface area contributed by atoms with Crippen molar-refractivity contribution in [1.29, 1.82) is 5.26 Å². The maximum absolute atomic E-state index is 12.9. The molecule has 0 saturated carbocycles. The average molecular weight is 297 g/mol. The summed E-state index contributed by atoms with van der Waals surface area (Å²) in [4.78, 5) is 14.7. The zero-order valence-corrected chi connectivity index (χ0v) is 13.5. The van der Waals surface area contributed by atoms with Gasteiger partial charge in [-0.3, -0.25) is 4.79 Å². The highest BCUT2D eigenvalue weighted by Gasteiger charge is 2.18. The van der Waals surface area contributed by atoms with Crippen LogP contribution in [0.15, 0.2) is 30.5 Å². The highest BCUT2D eigenvalue weighted by Crippen LogP contribution is 2.21. The summed E-state index contributed by atoms with van der Waals surface area (Å²) in [6.07, 6.45) is 3.28. The first-order chi connectivity index (χ1) is 10.5. The summed E-state index contributed by atoms with van der Waals surface area (Å²) in [6.45, 7) is 5.47. The molecule has 0 N–H and O–H groups in total. The third-order valence-corrected chi connectivity index (χ3v) is 3.92. The number of benzene rings is 1. The Bertz CT molecular complexity index is 694. The van der Waals surface area contributed by atoms with Crippen molar-refractivity contribution in [3.05, 3.63) is 36.0 Å². The van der Waals surface area contributed by atoms with Crippen LogP contribution in [0.5, 0.6) is 0 Å². The van der Waals surface area contributed by atoms with E-state index < -0.39 is 0 Å². The van der Waals surface area contributed by atoms with Crippen molar-refractivity contribution in [3.63, 3.8) is 0 Å². The molecular weight excluding hydrogens is 274 g/mol. The number of carbonyl (C=O) groups excluding carboxylic acids is 1. The first kappa shape index (κ1) is 16.1. The lowest BCUT2D eigenvalue weighted by molar-refractivity contribution is 0.0754. The molecule has 1 aromatic heterocycles. The molecule has 4 heteroatoms. The van der Waals surface area contributed by atoms with Crippen molar-refractivity contribution in [3.8, 4) is 6.07 Å². The molecule has 1 amide bonds. The monoisotopic (exact) mass is 297 g/mol. The minimum Gasteiger partial charge on any atom is -0.351 e. The first-order valence-corrected chi connectivity index (χ1v) is 7.75. The second-order valence-corrected chi connectivity index (χ2v) is 6.05. The zero-order valence-electron chi connectivity index (χ0n) is 13.5. The van der Waals surface area contributed by atoms with E-state index in [1.807, 2.05) is 47.0 Å². The van der Waals surface area contributed by atoms with Crippen LogP contribution in [0.25, 0.3) is 10.9 Å². The van der Waals surface area contributed by atoms with Crippen LogP contribution in [0.4, 0.5) is 0 Å². The third-order valence-electron chi connectivity index (χ3n) is 3.92. The number of hydrogen-bond acceptors (Lipinski definition) is 2. The molecule has 0 aliphatic heterocycles. The summed E-state index contributed by atoms with van der Waals surface area (Å²) in [7, 11) is 1.98. The van der Waals surface area contributed by atoms with Crippen molar-refractivity contribution in [1.82, 2.24) is 9.47 Å². The first-order valence-electron chi connectivity index (χ1n) is 7.75. The van der Waals surface area contributed by atoms with Crippen LogP contribution in [0.1, 0.15) is 37.0 Å². The predicted molar refractivity (Wildman–Crippen MR) is 88.5 cm³/mol.